The standard InChI is InChI=1S/C14H16N2OS/c1-11-10-16-14(18-11)7-8-15-13(17)9-12-5-3-2-4-6-12/h2-6,10H,7-9H2,1H3,(H,15,17). The molecule has 2 aromatic rings. The minimum absolute atomic E-state index is 0.0643. The molecule has 0 spiro atoms. The summed E-state index contributed by atoms with van der Waals surface area (Å²) in [6.45, 7) is 2.69. The SMILES string of the molecule is Cc1cnc(CCNC(=O)Cc2ccccc2)s1. The molecule has 0 radical (unpaired) electrons. The smallest absolute Gasteiger partial charge is 0.224 e. The van der Waals surface area contributed by atoms with Crippen LogP contribution in [0.1, 0.15) is 15.4 Å². The predicted octanol–water partition coefficient (Wildman–Crippen LogP) is 2.35. The summed E-state index contributed by atoms with van der Waals surface area (Å²) < 4.78 is 0. The Balaban J connectivity index is 1.72. The Morgan fingerprint density at radius 1 is 1.33 bits per heavy atom. The number of aryl methyl sites for hydroxylation is 1. The topological polar surface area (TPSA) is 42.0 Å². The molecule has 1 aromatic carbocycles. The monoisotopic (exact) mass is 260 g/mol. The number of benzene rings is 1. The minimum atomic E-state index is 0.0643. The van der Waals surface area contributed by atoms with E-state index in [9.17, 15) is 4.79 Å². The number of amides is 1. The van der Waals surface area contributed by atoms with E-state index in [1.807, 2.05) is 43.5 Å². The molecule has 0 aliphatic rings. The highest BCUT2D eigenvalue weighted by Gasteiger charge is 2.03. The Kier molecular flexibility index (Phi) is 4.47. The van der Waals surface area contributed by atoms with E-state index < -0.39 is 0 Å². The molecule has 3 nitrogen and oxygen atoms in total. The summed E-state index contributed by atoms with van der Waals surface area (Å²) in [7, 11) is 0. The molecule has 18 heavy (non-hydrogen) atoms. The van der Waals surface area contributed by atoms with Gasteiger partial charge in [0.2, 0.25) is 5.91 Å². The molecule has 0 fully saturated rings. The molecule has 0 bridgehead atoms. The number of thiazole rings is 1. The zero-order valence-corrected chi connectivity index (χ0v) is 11.2. The van der Waals surface area contributed by atoms with E-state index in [4.69, 9.17) is 0 Å². The van der Waals surface area contributed by atoms with Gasteiger partial charge < -0.3 is 5.32 Å². The van der Waals surface area contributed by atoms with E-state index >= 15 is 0 Å². The Morgan fingerprint density at radius 2 is 2.11 bits per heavy atom. The summed E-state index contributed by atoms with van der Waals surface area (Å²) in [6.07, 6.45) is 3.11. The molecule has 0 saturated heterocycles. The number of nitrogens with zero attached hydrogens (tertiary/aromatic N) is 1. The number of aromatic nitrogens is 1. The third-order valence-corrected chi connectivity index (χ3v) is 3.51. The first kappa shape index (κ1) is 12.8. The van der Waals surface area contributed by atoms with Gasteiger partial charge in [0.1, 0.15) is 0 Å². The lowest BCUT2D eigenvalue weighted by atomic mass is 10.1. The summed E-state index contributed by atoms with van der Waals surface area (Å²) in [5, 5.41) is 3.99. The van der Waals surface area contributed by atoms with Gasteiger partial charge in [-0.2, -0.15) is 0 Å². The largest absolute Gasteiger partial charge is 0.355 e. The van der Waals surface area contributed by atoms with Crippen molar-refractivity contribution in [1.82, 2.24) is 10.3 Å². The van der Waals surface area contributed by atoms with Crippen molar-refractivity contribution in [1.29, 1.82) is 0 Å². The first-order valence-corrected chi connectivity index (χ1v) is 6.77. The summed E-state index contributed by atoms with van der Waals surface area (Å²) in [6, 6.07) is 9.77. The highest BCUT2D eigenvalue weighted by Crippen LogP contribution is 2.10. The molecule has 0 aliphatic heterocycles. The third-order valence-electron chi connectivity index (χ3n) is 2.54. The molecular formula is C14H16N2OS. The number of carbonyl (C=O) groups excluding carboxylic acids is 1. The van der Waals surface area contributed by atoms with Gasteiger partial charge in [0.15, 0.2) is 0 Å². The number of hydrogen-bond acceptors (Lipinski definition) is 3. The average molecular weight is 260 g/mol. The van der Waals surface area contributed by atoms with Crippen LogP contribution in [0.3, 0.4) is 0 Å². The normalized spacial score (nSPS) is 10.3. The van der Waals surface area contributed by atoms with Crippen LogP contribution in [0.2, 0.25) is 0 Å². The van der Waals surface area contributed by atoms with Gasteiger partial charge in [-0.05, 0) is 12.5 Å². The summed E-state index contributed by atoms with van der Waals surface area (Å²) in [5.41, 5.74) is 1.04. The van der Waals surface area contributed by atoms with E-state index in [1.54, 1.807) is 11.3 Å². The summed E-state index contributed by atoms with van der Waals surface area (Å²) >= 11 is 1.68. The van der Waals surface area contributed by atoms with Crippen molar-refractivity contribution in [2.24, 2.45) is 0 Å². The molecule has 94 valence electrons. The Morgan fingerprint density at radius 3 is 2.78 bits per heavy atom. The van der Waals surface area contributed by atoms with E-state index in [1.165, 1.54) is 4.88 Å². The third kappa shape index (κ3) is 3.96. The van der Waals surface area contributed by atoms with Crippen LogP contribution in [-0.2, 0) is 17.6 Å². The van der Waals surface area contributed by atoms with Gasteiger partial charge in [-0.3, -0.25) is 4.79 Å². The quantitative estimate of drug-likeness (QED) is 0.896. The van der Waals surface area contributed by atoms with Crippen molar-refractivity contribution in [3.8, 4) is 0 Å². The predicted molar refractivity (Wildman–Crippen MR) is 73.7 cm³/mol. The Bertz CT molecular complexity index is 508. The van der Waals surface area contributed by atoms with Gasteiger partial charge in [-0.15, -0.1) is 11.3 Å². The molecular weight excluding hydrogens is 244 g/mol. The van der Waals surface area contributed by atoms with Crippen LogP contribution in [0.5, 0.6) is 0 Å². The molecule has 2 rings (SSSR count). The molecule has 4 heteroatoms. The molecule has 0 unspecified atom stereocenters. The van der Waals surface area contributed by atoms with E-state index in [2.05, 4.69) is 10.3 Å². The molecule has 0 saturated carbocycles. The van der Waals surface area contributed by atoms with E-state index in [-0.39, 0.29) is 5.91 Å². The molecule has 0 aliphatic carbocycles. The van der Waals surface area contributed by atoms with Crippen molar-refractivity contribution in [3.05, 3.63) is 52.0 Å². The maximum Gasteiger partial charge on any atom is 0.224 e. The Labute approximate surface area is 111 Å². The highest BCUT2D eigenvalue weighted by atomic mass is 32.1. The van der Waals surface area contributed by atoms with Gasteiger partial charge in [0, 0.05) is 24.0 Å². The number of carbonyl (C=O) groups is 1. The van der Waals surface area contributed by atoms with Gasteiger partial charge in [0.25, 0.3) is 0 Å². The highest BCUT2D eigenvalue weighted by molar-refractivity contribution is 7.11. The fourth-order valence-electron chi connectivity index (χ4n) is 1.67. The van der Waals surface area contributed by atoms with E-state index in [0.717, 1.165) is 17.0 Å². The lowest BCUT2D eigenvalue weighted by Gasteiger charge is -2.03. The maximum atomic E-state index is 11.7. The molecule has 1 aromatic heterocycles. The summed E-state index contributed by atoms with van der Waals surface area (Å²) in [5.74, 6) is 0.0643. The minimum Gasteiger partial charge on any atom is -0.355 e. The van der Waals surface area contributed by atoms with Crippen molar-refractivity contribution in [3.63, 3.8) is 0 Å². The van der Waals surface area contributed by atoms with Gasteiger partial charge in [-0.25, -0.2) is 4.98 Å². The fraction of sp³-hybridized carbons (Fsp3) is 0.286. The second-order valence-corrected chi connectivity index (χ2v) is 5.45. The van der Waals surface area contributed by atoms with Crippen molar-refractivity contribution in [2.45, 2.75) is 19.8 Å². The second kappa shape index (κ2) is 6.31. The molecule has 0 atom stereocenters. The van der Waals surface area contributed by atoms with Gasteiger partial charge >= 0.3 is 0 Å². The number of hydrogen-bond donors (Lipinski definition) is 1. The molecule has 1 N–H and O–H groups in total. The van der Waals surface area contributed by atoms with Crippen LogP contribution in [0, 0.1) is 6.92 Å². The van der Waals surface area contributed by atoms with Gasteiger partial charge in [-0.1, -0.05) is 30.3 Å². The van der Waals surface area contributed by atoms with Crippen LogP contribution >= 0.6 is 11.3 Å². The van der Waals surface area contributed by atoms with E-state index in [0.29, 0.717) is 13.0 Å². The fourth-order valence-corrected chi connectivity index (χ4v) is 2.46. The first-order valence-electron chi connectivity index (χ1n) is 5.96. The zero-order valence-electron chi connectivity index (χ0n) is 10.3. The van der Waals surface area contributed by atoms with Crippen LogP contribution in [0.4, 0.5) is 0 Å². The lowest BCUT2D eigenvalue weighted by molar-refractivity contribution is -0.120. The van der Waals surface area contributed by atoms with Crippen LogP contribution in [0.15, 0.2) is 36.5 Å². The first-order chi connectivity index (χ1) is 8.74. The van der Waals surface area contributed by atoms with Crippen molar-refractivity contribution >= 4 is 17.2 Å². The lowest BCUT2D eigenvalue weighted by Crippen LogP contribution is -2.27. The maximum absolute atomic E-state index is 11.7. The second-order valence-electron chi connectivity index (χ2n) is 4.13. The Hall–Kier alpha value is -1.68. The van der Waals surface area contributed by atoms with Crippen LogP contribution in [-0.4, -0.2) is 17.4 Å². The average Bonchev–Trinajstić information content (AvgIpc) is 2.76. The molecule has 1 amide bonds. The summed E-state index contributed by atoms with van der Waals surface area (Å²) in [4.78, 5) is 17.2. The number of nitrogens with one attached hydrogen (secondary N) is 1. The van der Waals surface area contributed by atoms with Crippen LogP contribution < -0.4 is 5.32 Å². The van der Waals surface area contributed by atoms with Gasteiger partial charge in [0.05, 0.1) is 11.4 Å². The molecule has 1 heterocycles. The van der Waals surface area contributed by atoms with Crippen LogP contribution in [0.25, 0.3) is 0 Å². The van der Waals surface area contributed by atoms with Crippen molar-refractivity contribution in [2.75, 3.05) is 6.54 Å². The number of rotatable bonds is 5. The zero-order chi connectivity index (χ0) is 12.8. The van der Waals surface area contributed by atoms with Crippen molar-refractivity contribution < 1.29 is 4.79 Å².